The lowest BCUT2D eigenvalue weighted by Gasteiger charge is -2.19. The van der Waals surface area contributed by atoms with E-state index >= 15 is 0 Å². The number of rotatable bonds is 4. The highest BCUT2D eigenvalue weighted by Gasteiger charge is 2.39. The van der Waals surface area contributed by atoms with Crippen LogP contribution in [-0.4, -0.2) is 30.2 Å². The first-order valence-electron chi connectivity index (χ1n) is 5.71. The van der Waals surface area contributed by atoms with Gasteiger partial charge in [-0.15, -0.1) is 0 Å². The van der Waals surface area contributed by atoms with Gasteiger partial charge in [-0.05, 0) is 39.2 Å². The lowest BCUT2D eigenvalue weighted by atomic mass is 10.2. The first kappa shape index (κ1) is 13.5. The summed E-state index contributed by atoms with van der Waals surface area (Å²) < 4.78 is 5.13. The molecule has 0 aromatic rings. The summed E-state index contributed by atoms with van der Waals surface area (Å²) in [5, 5.41) is 5.46. The average molecular weight is 240 g/mol. The minimum atomic E-state index is -0.481. The van der Waals surface area contributed by atoms with E-state index in [2.05, 4.69) is 17.2 Å². The molecule has 17 heavy (non-hydrogen) atoms. The molecule has 1 aliphatic carbocycles. The van der Waals surface area contributed by atoms with Gasteiger partial charge in [0.05, 0.1) is 0 Å². The van der Waals surface area contributed by atoms with Crippen molar-refractivity contribution < 1.29 is 14.3 Å². The molecule has 5 nitrogen and oxygen atoms in total. The Hall–Kier alpha value is -1.52. The van der Waals surface area contributed by atoms with Gasteiger partial charge in [-0.1, -0.05) is 6.58 Å². The van der Waals surface area contributed by atoms with Gasteiger partial charge < -0.3 is 15.4 Å². The lowest BCUT2D eigenvalue weighted by molar-refractivity contribution is -0.116. The Morgan fingerprint density at radius 3 is 2.65 bits per heavy atom. The minimum Gasteiger partial charge on any atom is -0.444 e. The van der Waals surface area contributed by atoms with E-state index in [1.54, 1.807) is 0 Å². The summed E-state index contributed by atoms with van der Waals surface area (Å²) in [5.41, 5.74) is -0.481. The quantitative estimate of drug-likeness (QED) is 0.726. The van der Waals surface area contributed by atoms with E-state index in [4.69, 9.17) is 4.74 Å². The van der Waals surface area contributed by atoms with E-state index in [9.17, 15) is 9.59 Å². The molecule has 1 aliphatic rings. The molecule has 0 aromatic heterocycles. The van der Waals surface area contributed by atoms with E-state index in [0.29, 0.717) is 12.5 Å². The maximum Gasteiger partial charge on any atom is 0.407 e. The Bertz CT molecular complexity index is 320. The van der Waals surface area contributed by atoms with Gasteiger partial charge in [-0.25, -0.2) is 4.79 Å². The summed E-state index contributed by atoms with van der Waals surface area (Å²) >= 11 is 0. The fourth-order valence-corrected chi connectivity index (χ4v) is 1.41. The molecule has 2 N–H and O–H groups in total. The molecule has 1 rings (SSSR count). The molecule has 0 heterocycles. The van der Waals surface area contributed by atoms with Crippen LogP contribution in [0.15, 0.2) is 12.7 Å². The lowest BCUT2D eigenvalue weighted by Crippen LogP contribution is -2.35. The zero-order chi connectivity index (χ0) is 13.1. The highest BCUT2D eigenvalue weighted by atomic mass is 16.6. The molecule has 2 atom stereocenters. The highest BCUT2D eigenvalue weighted by Crippen LogP contribution is 2.29. The molecular formula is C12H20N2O3. The molecule has 0 unspecified atom stereocenters. The Labute approximate surface area is 102 Å². The molecule has 96 valence electrons. The van der Waals surface area contributed by atoms with Gasteiger partial charge in [-0.3, -0.25) is 4.79 Å². The van der Waals surface area contributed by atoms with E-state index in [0.717, 1.165) is 6.42 Å². The van der Waals surface area contributed by atoms with Crippen LogP contribution in [0.2, 0.25) is 0 Å². The van der Waals surface area contributed by atoms with Crippen molar-refractivity contribution in [3.05, 3.63) is 12.7 Å². The van der Waals surface area contributed by atoms with Crippen molar-refractivity contribution in [1.29, 1.82) is 0 Å². The second kappa shape index (κ2) is 5.21. The van der Waals surface area contributed by atoms with Crippen LogP contribution in [0.4, 0.5) is 4.79 Å². The minimum absolute atomic E-state index is 0.106. The van der Waals surface area contributed by atoms with Crippen molar-refractivity contribution in [2.24, 2.45) is 5.92 Å². The standard InChI is InChI=1S/C12H20N2O3/c1-5-10(15)13-7-8-6-9(8)14-11(16)17-12(2,3)4/h5,8-9H,1,6-7H2,2-4H3,(H,13,15)(H,14,16)/t8-,9-/m1/s1. The summed E-state index contributed by atoms with van der Waals surface area (Å²) in [6.45, 7) is 9.39. The summed E-state index contributed by atoms with van der Waals surface area (Å²) in [5.74, 6) is 0.110. The van der Waals surface area contributed by atoms with Crippen molar-refractivity contribution in [3.8, 4) is 0 Å². The second-order valence-corrected chi connectivity index (χ2v) is 5.20. The maximum absolute atomic E-state index is 11.4. The molecule has 1 fully saturated rings. The van der Waals surface area contributed by atoms with Crippen LogP contribution >= 0.6 is 0 Å². The number of nitrogens with one attached hydrogen (secondary N) is 2. The molecule has 0 spiro atoms. The fraction of sp³-hybridized carbons (Fsp3) is 0.667. The van der Waals surface area contributed by atoms with Gasteiger partial charge in [0.25, 0.3) is 0 Å². The number of hydrogen-bond acceptors (Lipinski definition) is 3. The molecular weight excluding hydrogens is 220 g/mol. The predicted molar refractivity (Wildman–Crippen MR) is 64.5 cm³/mol. The molecule has 0 aliphatic heterocycles. The third-order valence-electron chi connectivity index (χ3n) is 2.35. The highest BCUT2D eigenvalue weighted by molar-refractivity contribution is 5.86. The number of hydrogen-bond donors (Lipinski definition) is 2. The van der Waals surface area contributed by atoms with Crippen molar-refractivity contribution in [3.63, 3.8) is 0 Å². The number of alkyl carbamates (subject to hydrolysis) is 1. The van der Waals surface area contributed by atoms with Crippen LogP contribution in [0.1, 0.15) is 27.2 Å². The van der Waals surface area contributed by atoms with Gasteiger partial charge in [0.2, 0.25) is 5.91 Å². The monoisotopic (exact) mass is 240 g/mol. The second-order valence-electron chi connectivity index (χ2n) is 5.20. The first-order chi connectivity index (χ1) is 7.81. The topological polar surface area (TPSA) is 67.4 Å². The zero-order valence-electron chi connectivity index (χ0n) is 10.6. The molecule has 0 bridgehead atoms. The van der Waals surface area contributed by atoms with Crippen LogP contribution < -0.4 is 10.6 Å². The maximum atomic E-state index is 11.4. The largest absolute Gasteiger partial charge is 0.444 e. The predicted octanol–water partition coefficient (Wildman–Crippen LogP) is 1.20. The Kier molecular flexibility index (Phi) is 4.15. The van der Waals surface area contributed by atoms with Crippen LogP contribution in [-0.2, 0) is 9.53 Å². The molecule has 5 heteroatoms. The summed E-state index contributed by atoms with van der Waals surface area (Å²) in [6.07, 6.45) is 1.70. The van der Waals surface area contributed by atoms with Crippen LogP contribution in [0.5, 0.6) is 0 Å². The molecule has 0 radical (unpaired) electrons. The Morgan fingerprint density at radius 2 is 2.12 bits per heavy atom. The molecule has 0 saturated heterocycles. The molecule has 1 saturated carbocycles. The smallest absolute Gasteiger partial charge is 0.407 e. The first-order valence-corrected chi connectivity index (χ1v) is 5.71. The van der Waals surface area contributed by atoms with Gasteiger partial charge in [0.1, 0.15) is 5.60 Å². The number of ether oxygens (including phenoxy) is 1. The summed E-state index contributed by atoms with van der Waals surface area (Å²) in [4.78, 5) is 22.3. The van der Waals surface area contributed by atoms with Gasteiger partial charge in [0, 0.05) is 12.6 Å². The molecule has 2 amide bonds. The van der Waals surface area contributed by atoms with E-state index in [1.807, 2.05) is 20.8 Å². The van der Waals surface area contributed by atoms with Gasteiger partial charge in [-0.2, -0.15) is 0 Å². The third kappa shape index (κ3) is 5.38. The average Bonchev–Trinajstić information content (AvgIpc) is 2.89. The van der Waals surface area contributed by atoms with Gasteiger partial charge >= 0.3 is 6.09 Å². The van der Waals surface area contributed by atoms with Crippen molar-refractivity contribution in [2.75, 3.05) is 6.54 Å². The summed E-state index contributed by atoms with van der Waals surface area (Å²) in [6, 6.07) is 0.106. The number of amides is 2. The van der Waals surface area contributed by atoms with Crippen molar-refractivity contribution >= 4 is 12.0 Å². The zero-order valence-corrected chi connectivity index (χ0v) is 10.6. The van der Waals surface area contributed by atoms with Crippen LogP contribution in [0, 0.1) is 5.92 Å². The van der Waals surface area contributed by atoms with E-state index in [1.165, 1.54) is 6.08 Å². The van der Waals surface area contributed by atoms with Crippen LogP contribution in [0.25, 0.3) is 0 Å². The SMILES string of the molecule is C=CC(=O)NC[C@H]1C[C@H]1NC(=O)OC(C)(C)C. The van der Waals surface area contributed by atoms with Crippen molar-refractivity contribution in [2.45, 2.75) is 38.8 Å². The fourth-order valence-electron chi connectivity index (χ4n) is 1.41. The third-order valence-corrected chi connectivity index (χ3v) is 2.35. The number of carbonyl (C=O) groups excluding carboxylic acids is 2. The van der Waals surface area contributed by atoms with E-state index in [-0.39, 0.29) is 11.9 Å². The number of carbonyl (C=O) groups is 2. The van der Waals surface area contributed by atoms with Crippen molar-refractivity contribution in [1.82, 2.24) is 10.6 Å². The van der Waals surface area contributed by atoms with Gasteiger partial charge in [0.15, 0.2) is 0 Å². The summed E-state index contributed by atoms with van der Waals surface area (Å²) in [7, 11) is 0. The van der Waals surface area contributed by atoms with Crippen LogP contribution in [0.3, 0.4) is 0 Å². The molecule has 0 aromatic carbocycles. The Balaban J connectivity index is 2.18. The Morgan fingerprint density at radius 1 is 1.47 bits per heavy atom. The normalized spacial score (nSPS) is 22.5. The van der Waals surface area contributed by atoms with E-state index < -0.39 is 11.7 Å².